The van der Waals surface area contributed by atoms with Crippen LogP contribution < -0.4 is 4.90 Å². The second-order valence-electron chi connectivity index (χ2n) is 6.81. The van der Waals surface area contributed by atoms with Gasteiger partial charge in [0.05, 0.1) is 23.9 Å². The van der Waals surface area contributed by atoms with Gasteiger partial charge in [-0.3, -0.25) is 4.68 Å². The summed E-state index contributed by atoms with van der Waals surface area (Å²) in [7, 11) is 1.77. The van der Waals surface area contributed by atoms with Crippen molar-refractivity contribution in [3.05, 3.63) is 53.4 Å². The summed E-state index contributed by atoms with van der Waals surface area (Å²) in [4.78, 5) is 18.8. The van der Waals surface area contributed by atoms with E-state index < -0.39 is 17.6 Å². The van der Waals surface area contributed by atoms with Crippen LogP contribution in [0.15, 0.2) is 30.6 Å². The Hall–Kier alpha value is -3.03. The van der Waals surface area contributed by atoms with E-state index in [1.54, 1.807) is 24.9 Å². The van der Waals surface area contributed by atoms with Gasteiger partial charge in [-0.15, -0.1) is 0 Å². The molecule has 1 saturated heterocycles. The Morgan fingerprint density at radius 2 is 2.04 bits per heavy atom. The number of carbonyl (C=O) groups excluding carboxylic acids is 1. The van der Waals surface area contributed by atoms with Gasteiger partial charge in [0, 0.05) is 37.8 Å². The molecule has 28 heavy (non-hydrogen) atoms. The molecule has 1 aliphatic heterocycles. The SMILES string of the molecule is CCOC(=O)c1cnc2c(cnn2C)c1N1CCC(c2c(F)cccc2F)C1. The number of fused-ring (bicyclic) bond motifs is 1. The van der Waals surface area contributed by atoms with Crippen molar-refractivity contribution in [1.29, 1.82) is 0 Å². The van der Waals surface area contributed by atoms with Gasteiger partial charge in [0.15, 0.2) is 5.65 Å². The third-order valence-corrected chi connectivity index (χ3v) is 5.14. The van der Waals surface area contributed by atoms with Crippen molar-refractivity contribution in [1.82, 2.24) is 14.8 Å². The minimum atomic E-state index is -0.543. The summed E-state index contributed by atoms with van der Waals surface area (Å²) in [6, 6.07) is 3.91. The molecule has 0 saturated carbocycles. The molecule has 0 aliphatic carbocycles. The van der Waals surface area contributed by atoms with Gasteiger partial charge >= 0.3 is 5.97 Å². The fourth-order valence-corrected chi connectivity index (χ4v) is 3.88. The molecule has 0 radical (unpaired) electrons. The average molecular weight is 386 g/mol. The van der Waals surface area contributed by atoms with Gasteiger partial charge in [-0.2, -0.15) is 5.10 Å². The maximum atomic E-state index is 14.2. The molecule has 4 rings (SSSR count). The van der Waals surface area contributed by atoms with Crippen LogP contribution in [0.3, 0.4) is 0 Å². The Labute approximate surface area is 160 Å². The lowest BCUT2D eigenvalue weighted by Crippen LogP contribution is -2.23. The number of pyridine rings is 1. The Bertz CT molecular complexity index is 1030. The molecule has 146 valence electrons. The summed E-state index contributed by atoms with van der Waals surface area (Å²) in [5, 5.41) is 4.95. The first-order valence-corrected chi connectivity index (χ1v) is 9.18. The third-order valence-electron chi connectivity index (χ3n) is 5.14. The van der Waals surface area contributed by atoms with E-state index in [0.29, 0.717) is 41.8 Å². The fraction of sp³-hybridized carbons (Fsp3) is 0.350. The first-order chi connectivity index (χ1) is 13.5. The summed E-state index contributed by atoms with van der Waals surface area (Å²) >= 11 is 0. The number of esters is 1. The molecule has 1 aromatic carbocycles. The summed E-state index contributed by atoms with van der Waals surface area (Å²) in [5.41, 5.74) is 1.70. The van der Waals surface area contributed by atoms with Gasteiger partial charge in [0.2, 0.25) is 0 Å². The predicted octanol–water partition coefficient (Wildman–Crippen LogP) is 3.42. The van der Waals surface area contributed by atoms with Gasteiger partial charge in [0.25, 0.3) is 0 Å². The molecule has 6 nitrogen and oxygen atoms in total. The number of aryl methyl sites for hydroxylation is 1. The van der Waals surface area contributed by atoms with Crippen LogP contribution in [0.4, 0.5) is 14.5 Å². The molecule has 1 atom stereocenters. The van der Waals surface area contributed by atoms with Crippen molar-refractivity contribution >= 4 is 22.7 Å². The van der Waals surface area contributed by atoms with E-state index >= 15 is 0 Å². The normalized spacial score (nSPS) is 16.7. The van der Waals surface area contributed by atoms with Gasteiger partial charge in [-0.05, 0) is 25.5 Å². The Morgan fingerprint density at radius 3 is 2.75 bits per heavy atom. The van der Waals surface area contributed by atoms with Crippen molar-refractivity contribution in [3.63, 3.8) is 0 Å². The van der Waals surface area contributed by atoms with Gasteiger partial charge in [-0.25, -0.2) is 18.6 Å². The number of benzene rings is 1. The van der Waals surface area contributed by atoms with Crippen LogP contribution >= 0.6 is 0 Å². The summed E-state index contributed by atoms with van der Waals surface area (Å²) < 4.78 is 35.3. The van der Waals surface area contributed by atoms with E-state index in [0.717, 1.165) is 0 Å². The zero-order chi connectivity index (χ0) is 19.8. The molecule has 0 N–H and O–H groups in total. The molecule has 1 fully saturated rings. The number of ether oxygens (including phenoxy) is 1. The summed E-state index contributed by atoms with van der Waals surface area (Å²) in [5.74, 6) is -1.87. The highest BCUT2D eigenvalue weighted by Gasteiger charge is 2.32. The molecule has 3 aromatic rings. The van der Waals surface area contributed by atoms with E-state index in [9.17, 15) is 13.6 Å². The van der Waals surface area contributed by atoms with Crippen molar-refractivity contribution < 1.29 is 18.3 Å². The first kappa shape index (κ1) is 18.3. The van der Waals surface area contributed by atoms with Crippen LogP contribution in [0.25, 0.3) is 11.0 Å². The lowest BCUT2D eigenvalue weighted by molar-refractivity contribution is 0.0527. The fourth-order valence-electron chi connectivity index (χ4n) is 3.88. The standard InChI is InChI=1S/C20H20F2N4O2/c1-3-28-20(27)14-9-23-19-13(10-24-25(19)2)18(14)26-8-7-12(11-26)17-15(21)5-4-6-16(17)22/h4-6,9-10,12H,3,7-8,11H2,1-2H3. The van der Waals surface area contributed by atoms with E-state index in [4.69, 9.17) is 4.74 Å². The van der Waals surface area contributed by atoms with Gasteiger partial charge in [-0.1, -0.05) is 6.07 Å². The molecular weight excluding hydrogens is 366 g/mol. The van der Waals surface area contributed by atoms with Crippen LogP contribution in [0.1, 0.15) is 35.2 Å². The number of anilines is 1. The predicted molar refractivity (Wildman–Crippen MR) is 100 cm³/mol. The van der Waals surface area contributed by atoms with Crippen LogP contribution in [-0.2, 0) is 11.8 Å². The van der Waals surface area contributed by atoms with Crippen LogP contribution in [0.5, 0.6) is 0 Å². The van der Waals surface area contributed by atoms with Gasteiger partial charge in [0.1, 0.15) is 17.2 Å². The first-order valence-electron chi connectivity index (χ1n) is 9.18. The lowest BCUT2D eigenvalue weighted by Gasteiger charge is -2.22. The maximum absolute atomic E-state index is 14.2. The molecule has 0 amide bonds. The smallest absolute Gasteiger partial charge is 0.341 e. The number of hydrogen-bond acceptors (Lipinski definition) is 5. The maximum Gasteiger partial charge on any atom is 0.341 e. The van der Waals surface area contributed by atoms with Crippen molar-refractivity contribution in [2.75, 3.05) is 24.6 Å². The third kappa shape index (κ3) is 2.98. The second-order valence-corrected chi connectivity index (χ2v) is 6.81. The molecule has 3 heterocycles. The number of rotatable bonds is 4. The molecule has 2 aromatic heterocycles. The minimum Gasteiger partial charge on any atom is -0.462 e. The zero-order valence-corrected chi connectivity index (χ0v) is 15.7. The topological polar surface area (TPSA) is 60.2 Å². The quantitative estimate of drug-likeness (QED) is 0.643. The summed E-state index contributed by atoms with van der Waals surface area (Å²) in [6.45, 7) is 2.92. The molecular formula is C20H20F2N4O2. The minimum absolute atomic E-state index is 0.0965. The monoisotopic (exact) mass is 386 g/mol. The number of aromatic nitrogens is 3. The highest BCUT2D eigenvalue weighted by atomic mass is 19.1. The van der Waals surface area contributed by atoms with E-state index in [1.807, 2.05) is 4.90 Å². The molecule has 0 bridgehead atoms. The van der Waals surface area contributed by atoms with E-state index in [1.165, 1.54) is 24.4 Å². The average Bonchev–Trinajstić information content (AvgIpc) is 3.28. The molecule has 8 heteroatoms. The molecule has 1 aliphatic rings. The largest absolute Gasteiger partial charge is 0.462 e. The lowest BCUT2D eigenvalue weighted by atomic mass is 9.97. The Kier molecular flexibility index (Phi) is 4.70. The number of hydrogen-bond donors (Lipinski definition) is 0. The Balaban J connectivity index is 1.76. The van der Waals surface area contributed by atoms with Gasteiger partial charge < -0.3 is 9.64 Å². The summed E-state index contributed by atoms with van der Waals surface area (Å²) in [6.07, 6.45) is 3.70. The zero-order valence-electron chi connectivity index (χ0n) is 15.7. The molecule has 0 spiro atoms. The van der Waals surface area contributed by atoms with E-state index in [2.05, 4.69) is 10.1 Å². The van der Waals surface area contributed by atoms with Crippen LogP contribution in [-0.4, -0.2) is 40.4 Å². The van der Waals surface area contributed by atoms with Crippen LogP contribution in [0, 0.1) is 11.6 Å². The van der Waals surface area contributed by atoms with Crippen LogP contribution in [0.2, 0.25) is 0 Å². The number of halogens is 2. The van der Waals surface area contributed by atoms with E-state index in [-0.39, 0.29) is 18.1 Å². The molecule has 1 unspecified atom stereocenters. The highest BCUT2D eigenvalue weighted by molar-refractivity contribution is 6.04. The van der Waals surface area contributed by atoms with Crippen molar-refractivity contribution in [2.45, 2.75) is 19.3 Å². The number of carbonyl (C=O) groups is 1. The second kappa shape index (κ2) is 7.18. The number of nitrogens with zero attached hydrogens (tertiary/aromatic N) is 4. The van der Waals surface area contributed by atoms with Crippen molar-refractivity contribution in [2.24, 2.45) is 7.05 Å². The van der Waals surface area contributed by atoms with Crippen molar-refractivity contribution in [3.8, 4) is 0 Å². The highest BCUT2D eigenvalue weighted by Crippen LogP contribution is 2.38. The Morgan fingerprint density at radius 1 is 1.29 bits per heavy atom.